The van der Waals surface area contributed by atoms with E-state index in [1.165, 1.54) is 6.20 Å². The Morgan fingerprint density at radius 3 is 2.97 bits per heavy atom. The second-order valence-corrected chi connectivity index (χ2v) is 7.71. The lowest BCUT2D eigenvalue weighted by molar-refractivity contribution is 0.0631. The Labute approximate surface area is 173 Å². The van der Waals surface area contributed by atoms with Crippen molar-refractivity contribution in [1.82, 2.24) is 34.0 Å². The van der Waals surface area contributed by atoms with Crippen molar-refractivity contribution in [3.8, 4) is 11.3 Å². The Bertz CT molecular complexity index is 1250. The van der Waals surface area contributed by atoms with Gasteiger partial charge in [0.25, 0.3) is 5.91 Å². The first-order valence-electron chi connectivity index (χ1n) is 9.01. The Hall–Kier alpha value is -3.14. The molecular formula is C19H15BrFN7O. The predicted molar refractivity (Wildman–Crippen MR) is 106 cm³/mol. The molecular weight excluding hydrogens is 441 g/mol. The van der Waals surface area contributed by atoms with E-state index >= 15 is 0 Å². The second kappa shape index (κ2) is 6.73. The maximum Gasteiger partial charge on any atom is 0.275 e. The molecule has 0 spiro atoms. The fourth-order valence-electron chi connectivity index (χ4n) is 3.58. The molecule has 10 heteroatoms. The molecule has 1 unspecified atom stereocenters. The number of rotatable bonds is 2. The minimum absolute atomic E-state index is 0.192. The number of pyridine rings is 1. The van der Waals surface area contributed by atoms with E-state index in [1.807, 2.05) is 11.5 Å². The highest BCUT2D eigenvalue weighted by Gasteiger charge is 2.32. The molecule has 1 amide bonds. The van der Waals surface area contributed by atoms with Crippen LogP contribution in [0, 0.1) is 5.95 Å². The summed E-state index contributed by atoms with van der Waals surface area (Å²) >= 11 is 3.35. The molecule has 4 aromatic heterocycles. The molecule has 1 atom stereocenters. The minimum Gasteiger partial charge on any atom is -0.331 e. The van der Waals surface area contributed by atoms with Crippen LogP contribution in [0.5, 0.6) is 0 Å². The zero-order valence-corrected chi connectivity index (χ0v) is 16.9. The van der Waals surface area contributed by atoms with E-state index in [2.05, 4.69) is 36.0 Å². The first kappa shape index (κ1) is 17.9. The summed E-state index contributed by atoms with van der Waals surface area (Å²) in [6.45, 7) is 2.98. The zero-order valence-electron chi connectivity index (χ0n) is 15.3. The molecule has 8 nitrogen and oxygen atoms in total. The average Bonchev–Trinajstić information content (AvgIpc) is 3.32. The molecule has 146 valence electrons. The number of nitrogens with zero attached hydrogens (tertiary/aromatic N) is 7. The summed E-state index contributed by atoms with van der Waals surface area (Å²) in [7, 11) is 0. The highest BCUT2D eigenvalue weighted by Crippen LogP contribution is 2.30. The van der Waals surface area contributed by atoms with Gasteiger partial charge in [0, 0.05) is 43.9 Å². The molecule has 0 aromatic carbocycles. The third kappa shape index (κ3) is 3.00. The van der Waals surface area contributed by atoms with Gasteiger partial charge in [-0.2, -0.15) is 9.49 Å². The molecule has 0 saturated heterocycles. The second-order valence-electron chi connectivity index (χ2n) is 6.80. The van der Waals surface area contributed by atoms with E-state index in [-0.39, 0.29) is 11.9 Å². The monoisotopic (exact) mass is 455 g/mol. The van der Waals surface area contributed by atoms with Crippen molar-refractivity contribution in [2.45, 2.75) is 19.5 Å². The molecule has 5 rings (SSSR count). The van der Waals surface area contributed by atoms with Crippen molar-refractivity contribution >= 4 is 27.5 Å². The van der Waals surface area contributed by atoms with E-state index in [0.29, 0.717) is 41.5 Å². The van der Waals surface area contributed by atoms with Crippen LogP contribution in [0.1, 0.15) is 29.3 Å². The van der Waals surface area contributed by atoms with E-state index in [4.69, 9.17) is 0 Å². The van der Waals surface area contributed by atoms with Crippen LogP contribution in [0.2, 0.25) is 0 Å². The normalized spacial score (nSPS) is 16.2. The summed E-state index contributed by atoms with van der Waals surface area (Å²) in [5, 5.41) is 4.35. The molecule has 0 aliphatic carbocycles. The highest BCUT2D eigenvalue weighted by atomic mass is 79.9. The van der Waals surface area contributed by atoms with Crippen LogP contribution in [0.4, 0.5) is 4.39 Å². The molecule has 1 aliphatic rings. The standard InChI is InChI=1S/C19H15BrFN7O/c1-11-18-24-15(13-3-2-4-22-17(13)21)10-26(18)5-6-27(11)19(29)14-7-16-23-8-12(20)9-28(16)25-14/h2-4,7-11H,5-6H2,1H3. The van der Waals surface area contributed by atoms with Gasteiger partial charge >= 0.3 is 0 Å². The van der Waals surface area contributed by atoms with Crippen molar-refractivity contribution in [3.63, 3.8) is 0 Å². The van der Waals surface area contributed by atoms with Crippen LogP contribution in [-0.2, 0) is 6.54 Å². The van der Waals surface area contributed by atoms with Gasteiger partial charge in [-0.1, -0.05) is 0 Å². The van der Waals surface area contributed by atoms with Crippen molar-refractivity contribution in [2.75, 3.05) is 6.54 Å². The molecule has 0 saturated carbocycles. The number of carbonyl (C=O) groups excluding carboxylic acids is 1. The number of hydrogen-bond acceptors (Lipinski definition) is 5. The zero-order chi connectivity index (χ0) is 20.1. The third-order valence-electron chi connectivity index (χ3n) is 5.03. The molecule has 0 fully saturated rings. The predicted octanol–water partition coefficient (Wildman–Crippen LogP) is 3.11. The Morgan fingerprint density at radius 1 is 1.28 bits per heavy atom. The summed E-state index contributed by atoms with van der Waals surface area (Å²) < 4.78 is 18.3. The van der Waals surface area contributed by atoms with E-state index in [0.717, 1.165) is 4.47 Å². The van der Waals surface area contributed by atoms with Crippen LogP contribution in [0.25, 0.3) is 16.9 Å². The van der Waals surface area contributed by atoms with Crippen LogP contribution in [-0.4, -0.2) is 46.5 Å². The maximum absolute atomic E-state index is 14.0. The molecule has 0 bridgehead atoms. The van der Waals surface area contributed by atoms with Crippen molar-refractivity contribution in [1.29, 1.82) is 0 Å². The van der Waals surface area contributed by atoms with Gasteiger partial charge in [0.1, 0.15) is 5.82 Å². The van der Waals surface area contributed by atoms with Crippen molar-refractivity contribution in [3.05, 3.63) is 64.9 Å². The lowest BCUT2D eigenvalue weighted by atomic mass is 10.2. The summed E-state index contributed by atoms with van der Waals surface area (Å²) in [4.78, 5) is 27.4. The molecule has 5 heterocycles. The fraction of sp³-hybridized carbons (Fsp3) is 0.211. The van der Waals surface area contributed by atoms with Gasteiger partial charge in [-0.05, 0) is 35.0 Å². The minimum atomic E-state index is -0.563. The number of hydrogen-bond donors (Lipinski definition) is 0. The number of carbonyl (C=O) groups is 1. The number of aromatic nitrogens is 6. The summed E-state index contributed by atoms with van der Waals surface area (Å²) in [5.74, 6) is -0.0538. The average molecular weight is 456 g/mol. The van der Waals surface area contributed by atoms with Crippen LogP contribution in [0.15, 0.2) is 47.5 Å². The highest BCUT2D eigenvalue weighted by molar-refractivity contribution is 9.10. The van der Waals surface area contributed by atoms with Crippen molar-refractivity contribution in [2.24, 2.45) is 0 Å². The lowest BCUT2D eigenvalue weighted by Gasteiger charge is -2.33. The molecule has 0 radical (unpaired) electrons. The van der Waals surface area contributed by atoms with E-state index < -0.39 is 5.95 Å². The van der Waals surface area contributed by atoms with Crippen molar-refractivity contribution < 1.29 is 9.18 Å². The largest absolute Gasteiger partial charge is 0.331 e. The van der Waals surface area contributed by atoms with Crippen LogP contribution in [0.3, 0.4) is 0 Å². The quantitative estimate of drug-likeness (QED) is 0.433. The maximum atomic E-state index is 14.0. The summed E-state index contributed by atoms with van der Waals surface area (Å²) in [6.07, 6.45) is 6.62. The smallest absolute Gasteiger partial charge is 0.275 e. The van der Waals surface area contributed by atoms with Crippen LogP contribution < -0.4 is 0 Å². The molecule has 1 aliphatic heterocycles. The lowest BCUT2D eigenvalue weighted by Crippen LogP contribution is -2.41. The van der Waals surface area contributed by atoms with Gasteiger partial charge in [-0.15, -0.1) is 0 Å². The molecule has 4 aromatic rings. The van der Waals surface area contributed by atoms with Gasteiger partial charge < -0.3 is 9.47 Å². The first-order valence-corrected chi connectivity index (χ1v) is 9.80. The Morgan fingerprint density at radius 2 is 2.14 bits per heavy atom. The number of imidazole rings is 1. The molecule has 29 heavy (non-hydrogen) atoms. The fourth-order valence-corrected chi connectivity index (χ4v) is 3.88. The van der Waals surface area contributed by atoms with Gasteiger partial charge in [0.2, 0.25) is 5.95 Å². The van der Waals surface area contributed by atoms with Gasteiger partial charge in [0.15, 0.2) is 11.3 Å². The first-order chi connectivity index (χ1) is 14.0. The van der Waals surface area contributed by atoms with Gasteiger partial charge in [0.05, 0.1) is 21.8 Å². The van der Waals surface area contributed by atoms with Crippen LogP contribution >= 0.6 is 15.9 Å². The number of amides is 1. The Balaban J connectivity index is 1.46. The third-order valence-corrected chi connectivity index (χ3v) is 5.44. The van der Waals surface area contributed by atoms with Gasteiger partial charge in [-0.3, -0.25) is 4.79 Å². The van der Waals surface area contributed by atoms with E-state index in [1.54, 1.807) is 46.2 Å². The topological polar surface area (TPSA) is 81.2 Å². The Kier molecular flexibility index (Phi) is 4.16. The van der Waals surface area contributed by atoms with Gasteiger partial charge in [-0.25, -0.2) is 19.5 Å². The molecule has 0 N–H and O–H groups in total. The number of halogens is 2. The van der Waals surface area contributed by atoms with E-state index in [9.17, 15) is 9.18 Å². The number of fused-ring (bicyclic) bond motifs is 2. The summed E-state index contributed by atoms with van der Waals surface area (Å²) in [5.41, 5.74) is 1.77. The summed E-state index contributed by atoms with van der Waals surface area (Å²) in [6, 6.07) is 4.70. The SMILES string of the molecule is CC1c2nc(-c3cccnc3F)cn2CCN1C(=O)c1cc2ncc(Br)cn2n1.